The Balaban J connectivity index is 2.21. The molecule has 1 aromatic rings. The first-order valence-electron chi connectivity index (χ1n) is 7.37. The fourth-order valence-corrected chi connectivity index (χ4v) is 2.52. The number of benzene rings is 1. The van der Waals surface area contributed by atoms with E-state index in [0.29, 0.717) is 0 Å². The van der Waals surface area contributed by atoms with Crippen LogP contribution < -0.4 is 10.6 Å². The first kappa shape index (κ1) is 17.2. The number of alkyl carbamates (subject to hydrolysis) is 1. The largest absolute Gasteiger partial charge is 0.444 e. The van der Waals surface area contributed by atoms with E-state index < -0.39 is 35.3 Å². The molecule has 5 nitrogen and oxygen atoms in total. The van der Waals surface area contributed by atoms with Gasteiger partial charge in [0.05, 0.1) is 6.04 Å². The van der Waals surface area contributed by atoms with E-state index in [1.165, 1.54) is 0 Å². The minimum Gasteiger partial charge on any atom is -0.444 e. The minimum atomic E-state index is -0.679. The van der Waals surface area contributed by atoms with Gasteiger partial charge in [-0.15, -0.1) is 0 Å². The Morgan fingerprint density at radius 3 is 2.70 bits per heavy atom. The monoisotopic (exact) mass is 326 g/mol. The highest BCUT2D eigenvalue weighted by atomic mass is 19.1. The van der Waals surface area contributed by atoms with Gasteiger partial charge in [-0.1, -0.05) is 0 Å². The van der Waals surface area contributed by atoms with Crippen LogP contribution in [-0.4, -0.2) is 30.2 Å². The average molecular weight is 326 g/mol. The molecule has 0 bridgehead atoms. The Kier molecular flexibility index (Phi) is 4.87. The first-order chi connectivity index (χ1) is 10.7. The summed E-state index contributed by atoms with van der Waals surface area (Å²) < 4.78 is 32.6. The maximum atomic E-state index is 14.0. The van der Waals surface area contributed by atoms with Crippen molar-refractivity contribution in [3.05, 3.63) is 35.4 Å². The van der Waals surface area contributed by atoms with E-state index in [1.807, 2.05) is 0 Å². The molecule has 0 saturated carbocycles. The van der Waals surface area contributed by atoms with Crippen LogP contribution in [0.25, 0.3) is 0 Å². The molecule has 2 N–H and O–H groups in total. The predicted octanol–water partition coefficient (Wildman–Crippen LogP) is 2.46. The molecule has 1 saturated heterocycles. The lowest BCUT2D eigenvalue weighted by atomic mass is 9.85. The zero-order valence-corrected chi connectivity index (χ0v) is 13.3. The van der Waals surface area contributed by atoms with Crippen LogP contribution in [0.1, 0.15) is 38.7 Å². The maximum Gasteiger partial charge on any atom is 0.407 e. The molecule has 1 aliphatic heterocycles. The Morgan fingerprint density at radius 2 is 2.04 bits per heavy atom. The van der Waals surface area contributed by atoms with E-state index in [9.17, 15) is 18.4 Å². The number of hydrogen-bond acceptors (Lipinski definition) is 3. The third-order valence-electron chi connectivity index (χ3n) is 3.47. The lowest BCUT2D eigenvalue weighted by Crippen LogP contribution is -2.53. The quantitative estimate of drug-likeness (QED) is 0.877. The van der Waals surface area contributed by atoms with E-state index >= 15 is 0 Å². The van der Waals surface area contributed by atoms with Gasteiger partial charge in [0.1, 0.15) is 17.2 Å². The second kappa shape index (κ2) is 6.52. The van der Waals surface area contributed by atoms with Gasteiger partial charge in [-0.25, -0.2) is 13.6 Å². The van der Waals surface area contributed by atoms with Crippen molar-refractivity contribution in [2.45, 2.75) is 44.8 Å². The van der Waals surface area contributed by atoms with Gasteiger partial charge in [-0.2, -0.15) is 0 Å². The molecule has 0 aliphatic carbocycles. The maximum absolute atomic E-state index is 14.0. The molecule has 1 heterocycles. The molecule has 126 valence electrons. The van der Waals surface area contributed by atoms with Gasteiger partial charge < -0.3 is 15.4 Å². The average Bonchev–Trinajstić information content (AvgIpc) is 2.41. The van der Waals surface area contributed by atoms with Gasteiger partial charge >= 0.3 is 6.09 Å². The van der Waals surface area contributed by atoms with Gasteiger partial charge in [0.2, 0.25) is 5.91 Å². The smallest absolute Gasteiger partial charge is 0.407 e. The molecular weight excluding hydrogens is 306 g/mol. The molecular formula is C16H20F2N2O3. The molecule has 1 aliphatic rings. The van der Waals surface area contributed by atoms with Crippen LogP contribution in [0.4, 0.5) is 13.6 Å². The van der Waals surface area contributed by atoms with Crippen LogP contribution in [0.3, 0.4) is 0 Å². The number of ether oxygens (including phenoxy) is 1. The standard InChI is InChI=1S/C16H20F2N2O3/c1-16(2,3)23-15(22)20-13-8-19-14(21)7-11(13)10-6-9(17)4-5-12(10)18/h4-6,11,13H,7-8H2,1-3H3,(H,19,21)(H,20,22)/t11-,13?/m1/s1. The summed E-state index contributed by atoms with van der Waals surface area (Å²) in [5.74, 6) is -2.14. The molecule has 1 unspecified atom stereocenters. The molecule has 23 heavy (non-hydrogen) atoms. The van der Waals surface area contributed by atoms with Crippen molar-refractivity contribution in [3.8, 4) is 0 Å². The third-order valence-corrected chi connectivity index (χ3v) is 3.47. The van der Waals surface area contributed by atoms with Gasteiger partial charge in [-0.05, 0) is 44.5 Å². The second-order valence-corrected chi connectivity index (χ2v) is 6.53. The fourth-order valence-electron chi connectivity index (χ4n) is 2.52. The number of carbonyl (C=O) groups is 2. The van der Waals surface area contributed by atoms with Crippen LogP contribution >= 0.6 is 0 Å². The summed E-state index contributed by atoms with van der Waals surface area (Å²) in [7, 11) is 0. The number of amides is 2. The highest BCUT2D eigenvalue weighted by Gasteiger charge is 2.34. The molecule has 1 aromatic carbocycles. The van der Waals surface area contributed by atoms with E-state index in [0.717, 1.165) is 18.2 Å². The number of rotatable bonds is 2. The zero-order valence-electron chi connectivity index (χ0n) is 13.3. The number of halogens is 2. The van der Waals surface area contributed by atoms with Crippen molar-refractivity contribution >= 4 is 12.0 Å². The van der Waals surface area contributed by atoms with Crippen LogP contribution in [-0.2, 0) is 9.53 Å². The van der Waals surface area contributed by atoms with Gasteiger partial charge in [0, 0.05) is 18.9 Å². The summed E-state index contributed by atoms with van der Waals surface area (Å²) in [4.78, 5) is 23.6. The van der Waals surface area contributed by atoms with Gasteiger partial charge in [0.25, 0.3) is 0 Å². The molecule has 0 aromatic heterocycles. The normalized spacial score (nSPS) is 21.5. The molecule has 2 amide bonds. The highest BCUT2D eigenvalue weighted by molar-refractivity contribution is 5.79. The molecule has 2 rings (SSSR count). The van der Waals surface area contributed by atoms with Crippen molar-refractivity contribution < 1.29 is 23.1 Å². The lowest BCUT2D eigenvalue weighted by molar-refractivity contribution is -0.123. The molecule has 2 atom stereocenters. The van der Waals surface area contributed by atoms with Crippen molar-refractivity contribution in [2.75, 3.05) is 6.54 Å². The van der Waals surface area contributed by atoms with Gasteiger partial charge in [0.15, 0.2) is 0 Å². The molecule has 0 radical (unpaired) electrons. The summed E-state index contributed by atoms with van der Waals surface area (Å²) in [5.41, 5.74) is -0.609. The molecule has 1 fully saturated rings. The third kappa shape index (κ3) is 4.64. The Labute approximate surface area is 133 Å². The Bertz CT molecular complexity index is 614. The fraction of sp³-hybridized carbons (Fsp3) is 0.500. The van der Waals surface area contributed by atoms with E-state index in [4.69, 9.17) is 4.74 Å². The van der Waals surface area contributed by atoms with Crippen molar-refractivity contribution in [2.24, 2.45) is 0 Å². The van der Waals surface area contributed by atoms with Crippen molar-refractivity contribution in [1.29, 1.82) is 0 Å². The van der Waals surface area contributed by atoms with E-state index in [1.54, 1.807) is 20.8 Å². The van der Waals surface area contributed by atoms with Crippen molar-refractivity contribution in [1.82, 2.24) is 10.6 Å². The predicted molar refractivity (Wildman–Crippen MR) is 79.9 cm³/mol. The summed E-state index contributed by atoms with van der Waals surface area (Å²) >= 11 is 0. The van der Waals surface area contributed by atoms with Gasteiger partial charge in [-0.3, -0.25) is 4.79 Å². The van der Waals surface area contributed by atoms with Crippen LogP contribution in [0.2, 0.25) is 0 Å². The SMILES string of the molecule is CC(C)(C)OC(=O)NC1CNC(=O)C[C@@H]1c1cc(F)ccc1F. The summed E-state index contributed by atoms with van der Waals surface area (Å²) in [6.07, 6.45) is -0.707. The first-order valence-corrected chi connectivity index (χ1v) is 7.37. The summed E-state index contributed by atoms with van der Waals surface area (Å²) in [5, 5.41) is 5.23. The van der Waals surface area contributed by atoms with E-state index in [2.05, 4.69) is 10.6 Å². The Hall–Kier alpha value is -2.18. The molecule has 0 spiro atoms. The van der Waals surface area contributed by atoms with Crippen LogP contribution in [0, 0.1) is 11.6 Å². The topological polar surface area (TPSA) is 67.4 Å². The number of carbonyl (C=O) groups excluding carboxylic acids is 2. The zero-order chi connectivity index (χ0) is 17.2. The summed E-state index contributed by atoms with van der Waals surface area (Å²) in [6.45, 7) is 5.29. The Morgan fingerprint density at radius 1 is 1.35 bits per heavy atom. The highest BCUT2D eigenvalue weighted by Crippen LogP contribution is 2.29. The number of hydrogen-bond donors (Lipinski definition) is 2. The molecule has 7 heteroatoms. The second-order valence-electron chi connectivity index (χ2n) is 6.53. The van der Waals surface area contributed by atoms with Crippen LogP contribution in [0.5, 0.6) is 0 Å². The van der Waals surface area contributed by atoms with E-state index in [-0.39, 0.29) is 24.4 Å². The number of piperidine rings is 1. The summed E-state index contributed by atoms with van der Waals surface area (Å²) in [6, 6.07) is 2.50. The number of nitrogens with one attached hydrogen (secondary N) is 2. The lowest BCUT2D eigenvalue weighted by Gasteiger charge is -2.33. The van der Waals surface area contributed by atoms with Crippen molar-refractivity contribution in [3.63, 3.8) is 0 Å². The minimum absolute atomic E-state index is 0.0408. The van der Waals surface area contributed by atoms with Crippen LogP contribution in [0.15, 0.2) is 18.2 Å².